The fourth-order valence-corrected chi connectivity index (χ4v) is 7.25. The third-order valence-electron chi connectivity index (χ3n) is 9.07. The van der Waals surface area contributed by atoms with E-state index in [1.807, 2.05) is 60.7 Å². The Labute approximate surface area is 331 Å². The third kappa shape index (κ3) is 8.02. The number of para-hydroxylation sites is 1. The number of aromatic hydroxyl groups is 1. The van der Waals surface area contributed by atoms with Crippen LogP contribution in [0.1, 0.15) is 0 Å². The van der Waals surface area contributed by atoms with Crippen LogP contribution in [0.4, 0.5) is 45.5 Å². The largest absolute Gasteiger partial charge is 0.505 e. The first-order valence-corrected chi connectivity index (χ1v) is 20.3. The Morgan fingerprint density at radius 1 is 0.397 bits per heavy atom. The maximum Gasteiger partial charge on any atom is 0.294 e. The maximum atomic E-state index is 12.2. The minimum absolute atomic E-state index is 0.113. The predicted molar refractivity (Wildman–Crippen MR) is 222 cm³/mol. The van der Waals surface area contributed by atoms with Crippen molar-refractivity contribution in [3.8, 4) is 5.75 Å². The summed E-state index contributed by atoms with van der Waals surface area (Å²) in [6, 6.07) is 41.7. The van der Waals surface area contributed by atoms with Crippen LogP contribution in [-0.2, 0) is 20.2 Å². The van der Waals surface area contributed by atoms with E-state index in [1.165, 1.54) is 42.5 Å². The normalized spacial score (nSPS) is 12.4. The van der Waals surface area contributed by atoms with Gasteiger partial charge < -0.3 is 10.4 Å². The molecule has 0 spiro atoms. The lowest BCUT2D eigenvalue weighted by Gasteiger charge is -2.09. The molecule has 0 unspecified atom stereocenters. The Balaban J connectivity index is 1.16. The number of nitrogens with one attached hydrogen (secondary N) is 1. The fraction of sp³-hybridized carbons (Fsp3) is 0. The highest BCUT2D eigenvalue weighted by Crippen LogP contribution is 2.41. The van der Waals surface area contributed by atoms with Gasteiger partial charge in [0.15, 0.2) is 5.75 Å². The number of benzene rings is 8. The molecular formula is C42H29N7O7S2. The van der Waals surface area contributed by atoms with Gasteiger partial charge in [-0.3, -0.25) is 9.11 Å². The summed E-state index contributed by atoms with van der Waals surface area (Å²) in [4.78, 5) is -0.767. The van der Waals surface area contributed by atoms with E-state index in [4.69, 9.17) is 0 Å². The van der Waals surface area contributed by atoms with Crippen molar-refractivity contribution < 1.29 is 31.0 Å². The van der Waals surface area contributed by atoms with Gasteiger partial charge in [-0.2, -0.15) is 21.9 Å². The first kappa shape index (κ1) is 37.7. The summed E-state index contributed by atoms with van der Waals surface area (Å²) < 4.78 is 68.2. The molecule has 0 radical (unpaired) electrons. The van der Waals surface area contributed by atoms with Gasteiger partial charge in [0.05, 0.1) is 38.2 Å². The first-order chi connectivity index (χ1) is 27.9. The van der Waals surface area contributed by atoms with Gasteiger partial charge in [0.1, 0.15) is 5.69 Å². The number of nitrogens with zero attached hydrogens (tertiary/aromatic N) is 6. The van der Waals surface area contributed by atoms with Crippen molar-refractivity contribution in [3.63, 3.8) is 0 Å². The van der Waals surface area contributed by atoms with Crippen LogP contribution in [-0.4, -0.2) is 31.0 Å². The van der Waals surface area contributed by atoms with Crippen molar-refractivity contribution in [1.29, 1.82) is 0 Å². The summed E-state index contributed by atoms with van der Waals surface area (Å²) in [5.41, 5.74) is 3.56. The second-order valence-corrected chi connectivity index (χ2v) is 15.7. The zero-order valence-electron chi connectivity index (χ0n) is 29.9. The fourth-order valence-electron chi connectivity index (χ4n) is 6.23. The summed E-state index contributed by atoms with van der Waals surface area (Å²) in [6.07, 6.45) is 0. The molecule has 0 aliphatic heterocycles. The van der Waals surface area contributed by atoms with Gasteiger partial charge in [-0.15, -0.1) is 25.6 Å². The van der Waals surface area contributed by atoms with E-state index in [0.29, 0.717) is 32.9 Å². The molecule has 0 saturated heterocycles. The molecule has 286 valence electrons. The van der Waals surface area contributed by atoms with Crippen LogP contribution >= 0.6 is 0 Å². The highest BCUT2D eigenvalue weighted by Gasteiger charge is 2.17. The Morgan fingerprint density at radius 3 is 1.38 bits per heavy atom. The van der Waals surface area contributed by atoms with E-state index in [-0.39, 0.29) is 38.8 Å². The van der Waals surface area contributed by atoms with Gasteiger partial charge in [-0.25, -0.2) is 0 Å². The van der Waals surface area contributed by atoms with Crippen LogP contribution < -0.4 is 5.32 Å². The summed E-state index contributed by atoms with van der Waals surface area (Å²) >= 11 is 0. The summed E-state index contributed by atoms with van der Waals surface area (Å²) in [7, 11) is -9.21. The molecule has 8 rings (SSSR count). The number of hydrogen-bond donors (Lipinski definition) is 4. The SMILES string of the molecule is O=S(=O)(O)c1ccc2c(N=Nc3ccc(N=Nc4ccccc4)c4ccc(S(=O)(=O)O)cc34)ccc(N=Nc3ccc4cc(Nc5ccccc5)ccc4c3O)c2c1. The average molecular weight is 808 g/mol. The molecule has 8 aromatic carbocycles. The zero-order valence-corrected chi connectivity index (χ0v) is 31.5. The smallest absolute Gasteiger partial charge is 0.294 e. The molecule has 0 amide bonds. The Hall–Kier alpha value is -7.24. The van der Waals surface area contributed by atoms with Crippen LogP contribution in [0.15, 0.2) is 192 Å². The minimum atomic E-state index is -4.63. The molecule has 0 saturated carbocycles. The molecule has 16 heteroatoms. The van der Waals surface area contributed by atoms with E-state index < -0.39 is 25.1 Å². The van der Waals surface area contributed by atoms with Crippen molar-refractivity contribution in [2.24, 2.45) is 30.7 Å². The van der Waals surface area contributed by atoms with E-state index >= 15 is 0 Å². The van der Waals surface area contributed by atoms with E-state index in [2.05, 4.69) is 36.0 Å². The second kappa shape index (κ2) is 15.4. The van der Waals surface area contributed by atoms with E-state index in [1.54, 1.807) is 48.5 Å². The number of rotatable bonds is 10. The molecule has 0 atom stereocenters. The Morgan fingerprint density at radius 2 is 0.845 bits per heavy atom. The van der Waals surface area contributed by atoms with Gasteiger partial charge in [0.25, 0.3) is 20.2 Å². The molecular weight excluding hydrogens is 779 g/mol. The standard InChI is InChI=1S/C42H29N7O7S2/c50-42-32-15-12-29(43-27-7-3-1-4-8-27)23-26(32)11-18-41(42)49-48-40-22-20-38(34-17-14-31(25-36(34)40)58(54,55)56)46-47-39-21-19-37(45-44-28-9-5-2-6-10-28)33-16-13-30(24-35(33)39)57(51,52)53/h1-25,43,50H,(H,51,52,53)(H,54,55,56). The van der Waals surface area contributed by atoms with Crippen molar-refractivity contribution in [3.05, 3.63) is 152 Å². The average Bonchev–Trinajstić information content (AvgIpc) is 3.22. The van der Waals surface area contributed by atoms with Crippen LogP contribution in [0.2, 0.25) is 0 Å². The molecule has 0 aliphatic rings. The van der Waals surface area contributed by atoms with Gasteiger partial charge in [-0.05, 0) is 102 Å². The lowest BCUT2D eigenvalue weighted by atomic mass is 10.1. The highest BCUT2D eigenvalue weighted by molar-refractivity contribution is 7.86. The summed E-state index contributed by atoms with van der Waals surface area (Å²) in [6.45, 7) is 0. The molecule has 0 fully saturated rings. The summed E-state index contributed by atoms with van der Waals surface area (Å²) in [5.74, 6) is -0.113. The van der Waals surface area contributed by atoms with Crippen LogP contribution in [0.5, 0.6) is 5.75 Å². The van der Waals surface area contributed by atoms with E-state index in [9.17, 15) is 31.0 Å². The second-order valence-electron chi connectivity index (χ2n) is 12.9. The quantitative estimate of drug-likeness (QED) is 0.0768. The Kier molecular flexibility index (Phi) is 9.98. The molecule has 0 aromatic heterocycles. The van der Waals surface area contributed by atoms with Crippen molar-refractivity contribution >= 4 is 98.1 Å². The van der Waals surface area contributed by atoms with Gasteiger partial charge >= 0.3 is 0 Å². The molecule has 58 heavy (non-hydrogen) atoms. The lowest BCUT2D eigenvalue weighted by molar-refractivity contribution is 0.481. The van der Waals surface area contributed by atoms with E-state index in [0.717, 1.165) is 16.8 Å². The summed E-state index contributed by atoms with van der Waals surface area (Å²) in [5, 5.41) is 43.3. The van der Waals surface area contributed by atoms with Gasteiger partial charge in [0.2, 0.25) is 0 Å². The topological polar surface area (TPSA) is 215 Å². The molecule has 0 aliphatic carbocycles. The van der Waals surface area contributed by atoms with Crippen LogP contribution in [0.3, 0.4) is 0 Å². The number of fused-ring (bicyclic) bond motifs is 3. The molecule has 0 heterocycles. The number of phenols is 1. The van der Waals surface area contributed by atoms with Crippen LogP contribution in [0.25, 0.3) is 32.3 Å². The van der Waals surface area contributed by atoms with Gasteiger partial charge in [-0.1, -0.05) is 54.6 Å². The van der Waals surface area contributed by atoms with Crippen molar-refractivity contribution in [2.75, 3.05) is 5.32 Å². The number of anilines is 2. The monoisotopic (exact) mass is 807 g/mol. The first-order valence-electron chi connectivity index (χ1n) is 17.4. The Bertz CT molecular complexity index is 3220. The van der Waals surface area contributed by atoms with Crippen molar-refractivity contribution in [2.45, 2.75) is 9.79 Å². The maximum absolute atomic E-state index is 12.2. The molecule has 14 nitrogen and oxygen atoms in total. The molecule has 4 N–H and O–H groups in total. The number of phenolic OH excluding ortho intramolecular Hbond substituents is 1. The number of hydrogen-bond acceptors (Lipinski definition) is 12. The van der Waals surface area contributed by atoms with Gasteiger partial charge in [0, 0.05) is 38.3 Å². The molecule has 8 aromatic rings. The lowest BCUT2D eigenvalue weighted by Crippen LogP contribution is -1.97. The van der Waals surface area contributed by atoms with Crippen LogP contribution in [0, 0.1) is 0 Å². The predicted octanol–water partition coefficient (Wildman–Crippen LogP) is 12.3. The molecule has 0 bridgehead atoms. The van der Waals surface area contributed by atoms with Crippen molar-refractivity contribution in [1.82, 2.24) is 0 Å². The minimum Gasteiger partial charge on any atom is -0.505 e. The third-order valence-corrected chi connectivity index (χ3v) is 10.8. The highest BCUT2D eigenvalue weighted by atomic mass is 32.2. The number of azo groups is 3. The zero-order chi connectivity index (χ0) is 40.4.